The van der Waals surface area contributed by atoms with Crippen molar-refractivity contribution in [2.45, 2.75) is 25.5 Å². The summed E-state index contributed by atoms with van der Waals surface area (Å²) < 4.78 is 11.6. The Morgan fingerprint density at radius 3 is 2.54 bits per heavy atom. The summed E-state index contributed by atoms with van der Waals surface area (Å²) in [6.07, 6.45) is 3.88. The van der Waals surface area contributed by atoms with Gasteiger partial charge in [0.25, 0.3) is 5.91 Å². The first-order valence-electron chi connectivity index (χ1n) is 10.0. The average molecular weight is 381 g/mol. The van der Waals surface area contributed by atoms with E-state index in [1.54, 1.807) is 0 Å². The molecule has 2 aromatic rings. The summed E-state index contributed by atoms with van der Waals surface area (Å²) in [6.45, 7) is 5.30. The van der Waals surface area contributed by atoms with Crippen LogP contribution in [0.25, 0.3) is 0 Å². The normalized spacial score (nSPS) is 18.8. The molecule has 0 atom stereocenters. The van der Waals surface area contributed by atoms with E-state index in [0.29, 0.717) is 37.6 Å². The third-order valence-corrected chi connectivity index (χ3v) is 5.36. The van der Waals surface area contributed by atoms with Crippen LogP contribution in [0.2, 0.25) is 0 Å². The molecule has 6 heteroatoms. The van der Waals surface area contributed by atoms with Crippen molar-refractivity contribution in [3.63, 3.8) is 0 Å². The van der Waals surface area contributed by atoms with Gasteiger partial charge in [-0.15, -0.1) is 0 Å². The number of carbonyl (C=O) groups is 1. The van der Waals surface area contributed by atoms with Gasteiger partial charge in [0.2, 0.25) is 0 Å². The number of ether oxygens (including phenoxy) is 2. The van der Waals surface area contributed by atoms with Gasteiger partial charge in [0.05, 0.1) is 24.5 Å². The quantitative estimate of drug-likeness (QED) is 0.797. The van der Waals surface area contributed by atoms with Crippen molar-refractivity contribution in [2.75, 3.05) is 39.4 Å². The SMILES string of the molecule is O=C(c1ccccc1OC1CCN(Cc2ccccn2)CC1)N1CCOCC1. The number of likely N-dealkylation sites (tertiary alicyclic amines) is 1. The van der Waals surface area contributed by atoms with E-state index in [9.17, 15) is 4.79 Å². The summed E-state index contributed by atoms with van der Waals surface area (Å²) in [6, 6.07) is 13.6. The Morgan fingerprint density at radius 2 is 1.79 bits per heavy atom. The smallest absolute Gasteiger partial charge is 0.257 e. The lowest BCUT2D eigenvalue weighted by atomic mass is 10.1. The number of nitrogens with zero attached hydrogens (tertiary/aromatic N) is 3. The van der Waals surface area contributed by atoms with Crippen molar-refractivity contribution in [3.8, 4) is 5.75 Å². The van der Waals surface area contributed by atoms with Gasteiger partial charge in [-0.2, -0.15) is 0 Å². The molecule has 0 saturated carbocycles. The van der Waals surface area contributed by atoms with Gasteiger partial charge in [0.1, 0.15) is 11.9 Å². The van der Waals surface area contributed by atoms with E-state index in [2.05, 4.69) is 16.0 Å². The van der Waals surface area contributed by atoms with Crippen molar-refractivity contribution in [1.82, 2.24) is 14.8 Å². The minimum Gasteiger partial charge on any atom is -0.489 e. The Morgan fingerprint density at radius 1 is 1.04 bits per heavy atom. The minimum atomic E-state index is 0.0338. The molecule has 6 nitrogen and oxygen atoms in total. The second-order valence-electron chi connectivity index (χ2n) is 7.32. The van der Waals surface area contributed by atoms with Crippen LogP contribution in [-0.2, 0) is 11.3 Å². The van der Waals surface area contributed by atoms with Gasteiger partial charge in [-0.1, -0.05) is 18.2 Å². The van der Waals surface area contributed by atoms with Crippen LogP contribution in [-0.4, -0.2) is 66.2 Å². The molecule has 2 aliphatic heterocycles. The van der Waals surface area contributed by atoms with E-state index in [-0.39, 0.29) is 12.0 Å². The highest BCUT2D eigenvalue weighted by molar-refractivity contribution is 5.97. The number of piperidine rings is 1. The standard InChI is InChI=1S/C22H27N3O3/c26-22(25-13-15-27-16-14-25)20-6-1-2-7-21(20)28-19-8-11-24(12-9-19)17-18-5-3-4-10-23-18/h1-7,10,19H,8-9,11-17H2. The third kappa shape index (κ3) is 4.69. The van der Waals surface area contributed by atoms with E-state index in [0.717, 1.165) is 38.2 Å². The fourth-order valence-corrected chi connectivity index (χ4v) is 3.77. The topological polar surface area (TPSA) is 54.9 Å². The number of hydrogen-bond donors (Lipinski definition) is 0. The molecule has 3 heterocycles. The number of amides is 1. The predicted octanol–water partition coefficient (Wildman–Crippen LogP) is 2.60. The van der Waals surface area contributed by atoms with Crippen molar-refractivity contribution in [2.24, 2.45) is 0 Å². The molecule has 2 saturated heterocycles. The average Bonchev–Trinajstić information content (AvgIpc) is 2.76. The van der Waals surface area contributed by atoms with E-state index >= 15 is 0 Å². The van der Waals surface area contributed by atoms with Crippen LogP contribution in [0.3, 0.4) is 0 Å². The van der Waals surface area contributed by atoms with Crippen LogP contribution in [0.1, 0.15) is 28.9 Å². The Kier molecular flexibility index (Phi) is 6.19. The molecular formula is C22H27N3O3. The molecule has 0 unspecified atom stereocenters. The van der Waals surface area contributed by atoms with Crippen molar-refractivity contribution >= 4 is 5.91 Å². The highest BCUT2D eigenvalue weighted by Gasteiger charge is 2.25. The Labute approximate surface area is 166 Å². The van der Waals surface area contributed by atoms with Crippen LogP contribution in [0.4, 0.5) is 0 Å². The van der Waals surface area contributed by atoms with Gasteiger partial charge in [-0.05, 0) is 37.1 Å². The summed E-state index contributed by atoms with van der Waals surface area (Å²) in [7, 11) is 0. The molecule has 2 aliphatic rings. The van der Waals surface area contributed by atoms with Crippen LogP contribution in [0.5, 0.6) is 5.75 Å². The molecule has 0 radical (unpaired) electrons. The van der Waals surface area contributed by atoms with E-state index in [4.69, 9.17) is 9.47 Å². The zero-order chi connectivity index (χ0) is 19.2. The monoisotopic (exact) mass is 381 g/mol. The summed E-state index contributed by atoms with van der Waals surface area (Å²) in [5.74, 6) is 0.730. The Bertz CT molecular complexity index is 770. The van der Waals surface area contributed by atoms with Gasteiger partial charge < -0.3 is 14.4 Å². The first kappa shape index (κ1) is 18.9. The summed E-state index contributed by atoms with van der Waals surface area (Å²) >= 11 is 0. The number of carbonyl (C=O) groups excluding carboxylic acids is 1. The number of rotatable bonds is 5. The molecule has 0 spiro atoms. The van der Waals surface area contributed by atoms with E-state index in [1.165, 1.54) is 0 Å². The molecule has 2 fully saturated rings. The number of pyridine rings is 1. The third-order valence-electron chi connectivity index (χ3n) is 5.36. The molecule has 28 heavy (non-hydrogen) atoms. The van der Waals surface area contributed by atoms with Gasteiger partial charge in [-0.25, -0.2) is 0 Å². The molecule has 0 bridgehead atoms. The highest BCUT2D eigenvalue weighted by atomic mass is 16.5. The molecule has 1 amide bonds. The summed E-state index contributed by atoms with van der Waals surface area (Å²) in [4.78, 5) is 21.6. The van der Waals surface area contributed by atoms with Gasteiger partial charge in [0.15, 0.2) is 0 Å². The maximum atomic E-state index is 12.9. The van der Waals surface area contributed by atoms with Crippen LogP contribution < -0.4 is 4.74 Å². The molecule has 0 N–H and O–H groups in total. The van der Waals surface area contributed by atoms with Crippen LogP contribution in [0.15, 0.2) is 48.7 Å². The molecule has 0 aliphatic carbocycles. The molecule has 4 rings (SSSR count). The lowest BCUT2D eigenvalue weighted by Crippen LogP contribution is -2.41. The Hall–Kier alpha value is -2.44. The fourth-order valence-electron chi connectivity index (χ4n) is 3.77. The van der Waals surface area contributed by atoms with Gasteiger partial charge >= 0.3 is 0 Å². The largest absolute Gasteiger partial charge is 0.489 e. The number of aromatic nitrogens is 1. The Balaban J connectivity index is 1.34. The molecular weight excluding hydrogens is 354 g/mol. The summed E-state index contributed by atoms with van der Waals surface area (Å²) in [5, 5.41) is 0. The summed E-state index contributed by atoms with van der Waals surface area (Å²) in [5.41, 5.74) is 1.75. The number of hydrogen-bond acceptors (Lipinski definition) is 5. The van der Waals surface area contributed by atoms with Crippen LogP contribution >= 0.6 is 0 Å². The van der Waals surface area contributed by atoms with Crippen LogP contribution in [0, 0.1) is 0 Å². The molecule has 1 aromatic heterocycles. The van der Waals surface area contributed by atoms with Crippen molar-refractivity contribution in [1.29, 1.82) is 0 Å². The highest BCUT2D eigenvalue weighted by Crippen LogP contribution is 2.25. The van der Waals surface area contributed by atoms with Gasteiger partial charge in [0, 0.05) is 38.9 Å². The first-order chi connectivity index (χ1) is 13.8. The van der Waals surface area contributed by atoms with Crippen molar-refractivity contribution in [3.05, 3.63) is 59.9 Å². The van der Waals surface area contributed by atoms with Crippen molar-refractivity contribution < 1.29 is 14.3 Å². The van der Waals surface area contributed by atoms with Gasteiger partial charge in [-0.3, -0.25) is 14.7 Å². The fraction of sp³-hybridized carbons (Fsp3) is 0.455. The van der Waals surface area contributed by atoms with E-state index < -0.39 is 0 Å². The zero-order valence-corrected chi connectivity index (χ0v) is 16.1. The molecule has 1 aromatic carbocycles. The maximum Gasteiger partial charge on any atom is 0.257 e. The predicted molar refractivity (Wildman–Crippen MR) is 106 cm³/mol. The number of benzene rings is 1. The first-order valence-corrected chi connectivity index (χ1v) is 10.0. The maximum absolute atomic E-state index is 12.9. The number of morpholine rings is 1. The molecule has 148 valence electrons. The van der Waals surface area contributed by atoms with E-state index in [1.807, 2.05) is 47.5 Å². The number of para-hydroxylation sites is 1. The second-order valence-corrected chi connectivity index (χ2v) is 7.32. The lowest BCUT2D eigenvalue weighted by Gasteiger charge is -2.32. The lowest BCUT2D eigenvalue weighted by molar-refractivity contribution is 0.0296. The second kappa shape index (κ2) is 9.17. The zero-order valence-electron chi connectivity index (χ0n) is 16.1. The minimum absolute atomic E-state index is 0.0338.